The molecule has 1 aromatic rings. The summed E-state index contributed by atoms with van der Waals surface area (Å²) in [5, 5.41) is 12.5. The van der Waals surface area contributed by atoms with E-state index in [1.165, 1.54) is 11.3 Å². The fraction of sp³-hybridized carbons (Fsp3) is 0.571. The molecule has 0 spiro atoms. The fourth-order valence-electron chi connectivity index (χ4n) is 2.53. The molecule has 0 saturated carbocycles. The monoisotopic (exact) mass is 297 g/mol. The highest BCUT2D eigenvalue weighted by Crippen LogP contribution is 2.34. The number of amides is 1. The lowest BCUT2D eigenvalue weighted by molar-refractivity contribution is -0.121. The molecule has 1 aliphatic rings. The van der Waals surface area contributed by atoms with E-state index in [0.717, 1.165) is 11.3 Å². The van der Waals surface area contributed by atoms with Crippen molar-refractivity contribution in [1.82, 2.24) is 0 Å². The average molecular weight is 297 g/mol. The third-order valence-corrected chi connectivity index (χ3v) is 4.91. The van der Waals surface area contributed by atoms with Crippen LogP contribution in [-0.2, 0) is 9.53 Å². The molecule has 2 unspecified atom stereocenters. The third-order valence-electron chi connectivity index (χ3n) is 3.78. The first-order valence-electron chi connectivity index (χ1n) is 6.71. The van der Waals surface area contributed by atoms with Crippen molar-refractivity contribution in [3.8, 4) is 0 Å². The molecule has 6 heteroatoms. The fourth-order valence-corrected chi connectivity index (χ4v) is 3.58. The number of thiophene rings is 1. The first-order valence-corrected chi connectivity index (χ1v) is 7.53. The molecular formula is C14H19NO4S. The molecule has 2 atom stereocenters. The van der Waals surface area contributed by atoms with Crippen molar-refractivity contribution in [3.63, 3.8) is 0 Å². The highest BCUT2D eigenvalue weighted by atomic mass is 32.1. The van der Waals surface area contributed by atoms with Gasteiger partial charge in [0.2, 0.25) is 5.91 Å². The van der Waals surface area contributed by atoms with Crippen LogP contribution in [0, 0.1) is 19.8 Å². The number of nitrogens with one attached hydrogen (secondary N) is 1. The normalized spacial score (nSPS) is 21.9. The molecule has 1 aromatic heterocycles. The lowest BCUT2D eigenvalue weighted by atomic mass is 9.99. The van der Waals surface area contributed by atoms with Gasteiger partial charge in [0.1, 0.15) is 5.00 Å². The standard InChI is InChI=1S/C14H19NO4S/c1-4-10-9(5-6-19-10)12(16)15-13-11(14(17)18)7(2)8(3)20-13/h9-10H,4-6H2,1-3H3,(H,15,16)(H,17,18). The van der Waals surface area contributed by atoms with Gasteiger partial charge in [-0.3, -0.25) is 4.79 Å². The Morgan fingerprint density at radius 3 is 2.75 bits per heavy atom. The Morgan fingerprint density at radius 1 is 1.45 bits per heavy atom. The molecule has 1 fully saturated rings. The minimum Gasteiger partial charge on any atom is -0.478 e. The smallest absolute Gasteiger partial charge is 0.338 e. The number of carboxylic acids is 1. The molecule has 1 saturated heterocycles. The maximum atomic E-state index is 12.3. The topological polar surface area (TPSA) is 75.6 Å². The quantitative estimate of drug-likeness (QED) is 0.896. The molecule has 2 heterocycles. The number of hydrogen-bond donors (Lipinski definition) is 2. The van der Waals surface area contributed by atoms with Gasteiger partial charge in [0, 0.05) is 11.5 Å². The zero-order valence-corrected chi connectivity index (χ0v) is 12.7. The summed E-state index contributed by atoms with van der Waals surface area (Å²) in [6.07, 6.45) is 1.41. The van der Waals surface area contributed by atoms with Crippen LogP contribution in [0.25, 0.3) is 0 Å². The molecule has 110 valence electrons. The second-order valence-electron chi connectivity index (χ2n) is 4.99. The number of carbonyl (C=O) groups excluding carboxylic acids is 1. The summed E-state index contributed by atoms with van der Waals surface area (Å²) in [6, 6.07) is 0. The zero-order valence-electron chi connectivity index (χ0n) is 11.9. The van der Waals surface area contributed by atoms with E-state index < -0.39 is 5.97 Å². The van der Waals surface area contributed by atoms with Gasteiger partial charge < -0.3 is 15.2 Å². The maximum absolute atomic E-state index is 12.3. The molecule has 1 aliphatic heterocycles. The van der Waals surface area contributed by atoms with Crippen molar-refractivity contribution >= 4 is 28.2 Å². The Morgan fingerprint density at radius 2 is 2.15 bits per heavy atom. The molecule has 5 nitrogen and oxygen atoms in total. The minimum absolute atomic E-state index is 0.0644. The number of aryl methyl sites for hydroxylation is 1. The molecule has 2 rings (SSSR count). The second kappa shape index (κ2) is 5.93. The first kappa shape index (κ1) is 15.0. The molecule has 0 aromatic carbocycles. The third kappa shape index (κ3) is 2.71. The Hall–Kier alpha value is -1.40. The predicted molar refractivity (Wildman–Crippen MR) is 77.5 cm³/mol. The summed E-state index contributed by atoms with van der Waals surface area (Å²) >= 11 is 1.31. The summed E-state index contributed by atoms with van der Waals surface area (Å²) in [5.41, 5.74) is 0.917. The van der Waals surface area contributed by atoms with Crippen LogP contribution in [0.3, 0.4) is 0 Å². The van der Waals surface area contributed by atoms with Crippen molar-refractivity contribution < 1.29 is 19.4 Å². The number of rotatable bonds is 4. The van der Waals surface area contributed by atoms with Gasteiger partial charge in [0.05, 0.1) is 17.6 Å². The van der Waals surface area contributed by atoms with Crippen LogP contribution in [0.1, 0.15) is 40.6 Å². The Bertz CT molecular complexity index is 538. The van der Waals surface area contributed by atoms with Crippen LogP contribution in [0.15, 0.2) is 0 Å². The minimum atomic E-state index is -1.00. The van der Waals surface area contributed by atoms with Gasteiger partial charge in [0.25, 0.3) is 0 Å². The number of ether oxygens (including phenoxy) is 1. The molecule has 2 N–H and O–H groups in total. The Balaban J connectivity index is 2.20. The molecule has 20 heavy (non-hydrogen) atoms. The van der Waals surface area contributed by atoms with Gasteiger partial charge in [-0.25, -0.2) is 4.79 Å². The van der Waals surface area contributed by atoms with E-state index in [9.17, 15) is 14.7 Å². The first-order chi connectivity index (χ1) is 9.45. The second-order valence-corrected chi connectivity index (χ2v) is 6.22. The lowest BCUT2D eigenvalue weighted by Gasteiger charge is -2.16. The molecule has 0 radical (unpaired) electrons. The van der Waals surface area contributed by atoms with Crippen LogP contribution in [0.4, 0.5) is 5.00 Å². The highest BCUT2D eigenvalue weighted by molar-refractivity contribution is 7.16. The molecule has 0 bridgehead atoms. The highest BCUT2D eigenvalue weighted by Gasteiger charge is 2.33. The summed E-state index contributed by atoms with van der Waals surface area (Å²) in [6.45, 7) is 6.19. The van der Waals surface area contributed by atoms with Crippen molar-refractivity contribution in [2.24, 2.45) is 5.92 Å². The Kier molecular flexibility index (Phi) is 4.45. The van der Waals surface area contributed by atoms with Crippen LogP contribution < -0.4 is 5.32 Å². The van der Waals surface area contributed by atoms with E-state index in [4.69, 9.17) is 4.74 Å². The Labute approximate surface area is 121 Å². The molecule has 0 aliphatic carbocycles. The summed E-state index contributed by atoms with van der Waals surface area (Å²) < 4.78 is 5.51. The van der Waals surface area contributed by atoms with Crippen molar-refractivity contribution in [2.45, 2.75) is 39.7 Å². The van der Waals surface area contributed by atoms with Gasteiger partial charge in [-0.2, -0.15) is 0 Å². The van der Waals surface area contributed by atoms with Gasteiger partial charge in [0.15, 0.2) is 0 Å². The van der Waals surface area contributed by atoms with Crippen LogP contribution in [0.5, 0.6) is 0 Å². The van der Waals surface area contributed by atoms with Gasteiger partial charge in [-0.15, -0.1) is 11.3 Å². The summed E-state index contributed by atoms with van der Waals surface area (Å²) in [7, 11) is 0. The maximum Gasteiger partial charge on any atom is 0.338 e. The predicted octanol–water partition coefficient (Wildman–Crippen LogP) is 2.82. The number of hydrogen-bond acceptors (Lipinski definition) is 4. The van der Waals surface area contributed by atoms with Gasteiger partial charge in [-0.05, 0) is 32.3 Å². The van der Waals surface area contributed by atoms with E-state index in [0.29, 0.717) is 23.6 Å². The van der Waals surface area contributed by atoms with Crippen molar-refractivity contribution in [2.75, 3.05) is 11.9 Å². The summed E-state index contributed by atoms with van der Waals surface area (Å²) in [4.78, 5) is 24.5. The largest absolute Gasteiger partial charge is 0.478 e. The number of anilines is 1. The van der Waals surface area contributed by atoms with Crippen LogP contribution in [0.2, 0.25) is 0 Å². The SMILES string of the molecule is CCC1OCCC1C(=O)Nc1sc(C)c(C)c1C(=O)O. The van der Waals surface area contributed by atoms with E-state index >= 15 is 0 Å². The number of aromatic carboxylic acids is 1. The van der Waals surface area contributed by atoms with Gasteiger partial charge >= 0.3 is 5.97 Å². The number of carbonyl (C=O) groups is 2. The molecular weight excluding hydrogens is 278 g/mol. The van der Waals surface area contributed by atoms with E-state index in [2.05, 4.69) is 5.32 Å². The van der Waals surface area contributed by atoms with E-state index in [1.807, 2.05) is 13.8 Å². The number of carboxylic acid groups (broad SMARTS) is 1. The van der Waals surface area contributed by atoms with Crippen LogP contribution >= 0.6 is 11.3 Å². The zero-order chi connectivity index (χ0) is 14.9. The van der Waals surface area contributed by atoms with E-state index in [1.54, 1.807) is 6.92 Å². The van der Waals surface area contributed by atoms with Crippen molar-refractivity contribution in [1.29, 1.82) is 0 Å². The van der Waals surface area contributed by atoms with Crippen molar-refractivity contribution in [3.05, 3.63) is 16.0 Å². The average Bonchev–Trinajstić information content (AvgIpc) is 2.95. The van der Waals surface area contributed by atoms with E-state index in [-0.39, 0.29) is 23.5 Å². The van der Waals surface area contributed by atoms with Crippen LogP contribution in [-0.4, -0.2) is 29.7 Å². The lowest BCUT2D eigenvalue weighted by Crippen LogP contribution is -2.29. The van der Waals surface area contributed by atoms with Gasteiger partial charge in [-0.1, -0.05) is 6.92 Å². The molecule has 1 amide bonds. The summed E-state index contributed by atoms with van der Waals surface area (Å²) in [5.74, 6) is -1.33.